The molecule has 1 amide bonds. The Morgan fingerprint density at radius 1 is 0.962 bits per heavy atom. The first-order valence-electron chi connectivity index (χ1n) is 8.26. The van der Waals surface area contributed by atoms with Crippen molar-refractivity contribution < 1.29 is 9.53 Å². The van der Waals surface area contributed by atoms with Crippen LogP contribution in [0.2, 0.25) is 0 Å². The van der Waals surface area contributed by atoms with Gasteiger partial charge in [0, 0.05) is 20.4 Å². The van der Waals surface area contributed by atoms with Crippen LogP contribution < -0.4 is 10.1 Å². The summed E-state index contributed by atoms with van der Waals surface area (Å²) in [6, 6.07) is 21.6. The van der Waals surface area contributed by atoms with Gasteiger partial charge in [0.1, 0.15) is 11.5 Å². The number of halogens is 1. The third-order valence-corrected chi connectivity index (χ3v) is 4.86. The minimum atomic E-state index is -0.0770. The highest BCUT2D eigenvalue weighted by Gasteiger charge is 2.24. The number of rotatable bonds is 3. The SMILES string of the molecule is Cc1ccc(Oc2cccc(C=C3C(=O)Nc4ccc(I)cc43)c2)cc1. The van der Waals surface area contributed by atoms with Crippen molar-refractivity contribution in [2.75, 3.05) is 5.32 Å². The van der Waals surface area contributed by atoms with Crippen LogP contribution in [0, 0.1) is 10.5 Å². The quantitative estimate of drug-likeness (QED) is 0.397. The molecule has 0 unspecified atom stereocenters. The topological polar surface area (TPSA) is 38.3 Å². The second kappa shape index (κ2) is 6.96. The molecule has 1 aliphatic heterocycles. The first kappa shape index (κ1) is 16.8. The molecule has 0 saturated carbocycles. The minimum absolute atomic E-state index is 0.0770. The summed E-state index contributed by atoms with van der Waals surface area (Å²) in [5, 5.41) is 2.91. The standard InChI is InChI=1S/C22H16INO2/c1-14-5-8-17(9-6-14)26-18-4-2-3-15(11-18)12-20-19-13-16(23)7-10-21(19)24-22(20)25/h2-13H,1H3,(H,24,25). The highest BCUT2D eigenvalue weighted by atomic mass is 127. The molecule has 3 nitrogen and oxygen atoms in total. The molecule has 0 bridgehead atoms. The lowest BCUT2D eigenvalue weighted by Crippen LogP contribution is -2.03. The van der Waals surface area contributed by atoms with E-state index < -0.39 is 0 Å². The highest BCUT2D eigenvalue weighted by molar-refractivity contribution is 14.1. The third-order valence-electron chi connectivity index (χ3n) is 4.19. The summed E-state index contributed by atoms with van der Waals surface area (Å²) in [6.45, 7) is 2.04. The average molecular weight is 453 g/mol. The van der Waals surface area contributed by atoms with Gasteiger partial charge >= 0.3 is 0 Å². The molecule has 0 fully saturated rings. The molecule has 4 rings (SSSR count). The van der Waals surface area contributed by atoms with Gasteiger partial charge in [0.15, 0.2) is 0 Å². The van der Waals surface area contributed by atoms with Gasteiger partial charge < -0.3 is 10.1 Å². The van der Waals surface area contributed by atoms with Gasteiger partial charge in [-0.25, -0.2) is 0 Å². The smallest absolute Gasteiger partial charge is 0.256 e. The van der Waals surface area contributed by atoms with Crippen molar-refractivity contribution in [2.24, 2.45) is 0 Å². The molecule has 4 heteroatoms. The summed E-state index contributed by atoms with van der Waals surface area (Å²) in [5.41, 5.74) is 4.58. The third kappa shape index (κ3) is 3.51. The number of amides is 1. The second-order valence-corrected chi connectivity index (χ2v) is 7.44. The number of anilines is 1. The van der Waals surface area contributed by atoms with Crippen LogP contribution >= 0.6 is 22.6 Å². The van der Waals surface area contributed by atoms with E-state index in [1.807, 2.05) is 79.7 Å². The van der Waals surface area contributed by atoms with E-state index in [1.165, 1.54) is 5.56 Å². The van der Waals surface area contributed by atoms with Gasteiger partial charge in [0.2, 0.25) is 0 Å². The van der Waals surface area contributed by atoms with Gasteiger partial charge in [-0.05, 0) is 83.6 Å². The lowest BCUT2D eigenvalue weighted by Gasteiger charge is -2.07. The Balaban J connectivity index is 1.65. The monoisotopic (exact) mass is 453 g/mol. The van der Waals surface area contributed by atoms with E-state index in [1.54, 1.807) is 0 Å². The molecule has 3 aromatic rings. The first-order chi connectivity index (χ1) is 12.6. The molecule has 1 aliphatic rings. The largest absolute Gasteiger partial charge is 0.457 e. The molecule has 0 aliphatic carbocycles. The fourth-order valence-corrected chi connectivity index (χ4v) is 3.37. The van der Waals surface area contributed by atoms with Crippen LogP contribution in [-0.4, -0.2) is 5.91 Å². The predicted molar refractivity (Wildman–Crippen MR) is 113 cm³/mol. The van der Waals surface area contributed by atoms with Crippen molar-refractivity contribution in [1.29, 1.82) is 0 Å². The summed E-state index contributed by atoms with van der Waals surface area (Å²) < 4.78 is 7.02. The number of hydrogen-bond acceptors (Lipinski definition) is 2. The van der Waals surface area contributed by atoms with E-state index in [4.69, 9.17) is 4.74 Å². The zero-order valence-electron chi connectivity index (χ0n) is 14.1. The maximum atomic E-state index is 12.3. The van der Waals surface area contributed by atoms with E-state index >= 15 is 0 Å². The van der Waals surface area contributed by atoms with Crippen molar-refractivity contribution in [2.45, 2.75) is 6.92 Å². The minimum Gasteiger partial charge on any atom is -0.457 e. The van der Waals surface area contributed by atoms with Crippen molar-refractivity contribution in [3.8, 4) is 11.5 Å². The maximum Gasteiger partial charge on any atom is 0.256 e. The van der Waals surface area contributed by atoms with Gasteiger partial charge in [0.25, 0.3) is 5.91 Å². The lowest BCUT2D eigenvalue weighted by atomic mass is 10.0. The van der Waals surface area contributed by atoms with Crippen LogP contribution in [0.4, 0.5) is 5.69 Å². The van der Waals surface area contributed by atoms with Crippen LogP contribution in [0.25, 0.3) is 11.6 Å². The Kier molecular flexibility index (Phi) is 4.51. The molecule has 3 aromatic carbocycles. The molecule has 1 N–H and O–H groups in total. The molecule has 0 atom stereocenters. The number of carbonyl (C=O) groups is 1. The summed E-state index contributed by atoms with van der Waals surface area (Å²) in [5.74, 6) is 1.45. The lowest BCUT2D eigenvalue weighted by molar-refractivity contribution is -0.110. The molecule has 0 spiro atoms. The van der Waals surface area contributed by atoms with Gasteiger partial charge in [-0.15, -0.1) is 0 Å². The van der Waals surface area contributed by atoms with Crippen molar-refractivity contribution in [3.05, 3.63) is 87.0 Å². The Bertz CT molecular complexity index is 1020. The predicted octanol–water partition coefficient (Wildman–Crippen LogP) is 5.88. The van der Waals surface area contributed by atoms with Crippen LogP contribution in [0.15, 0.2) is 66.7 Å². The van der Waals surface area contributed by atoms with Crippen LogP contribution in [0.3, 0.4) is 0 Å². The molecular weight excluding hydrogens is 437 g/mol. The van der Waals surface area contributed by atoms with Gasteiger partial charge in [-0.1, -0.05) is 29.8 Å². The maximum absolute atomic E-state index is 12.3. The number of benzene rings is 3. The number of aryl methyl sites for hydroxylation is 1. The van der Waals surface area contributed by atoms with Crippen LogP contribution in [0.1, 0.15) is 16.7 Å². The molecule has 0 saturated heterocycles. The van der Waals surface area contributed by atoms with E-state index in [0.29, 0.717) is 5.57 Å². The molecule has 26 heavy (non-hydrogen) atoms. The van der Waals surface area contributed by atoms with Gasteiger partial charge in [0.05, 0.1) is 0 Å². The van der Waals surface area contributed by atoms with Crippen LogP contribution in [0.5, 0.6) is 11.5 Å². The summed E-state index contributed by atoms with van der Waals surface area (Å²) in [7, 11) is 0. The number of fused-ring (bicyclic) bond motifs is 1. The van der Waals surface area contributed by atoms with Crippen molar-refractivity contribution in [1.82, 2.24) is 0 Å². The normalized spacial score (nSPS) is 14.2. The van der Waals surface area contributed by atoms with E-state index in [-0.39, 0.29) is 5.91 Å². The fourth-order valence-electron chi connectivity index (χ4n) is 2.88. The molecule has 0 aromatic heterocycles. The number of nitrogens with one attached hydrogen (secondary N) is 1. The first-order valence-corrected chi connectivity index (χ1v) is 9.34. The molecule has 128 valence electrons. The van der Waals surface area contributed by atoms with Crippen molar-refractivity contribution in [3.63, 3.8) is 0 Å². The Morgan fingerprint density at radius 3 is 2.58 bits per heavy atom. The summed E-state index contributed by atoms with van der Waals surface area (Å²) in [6.07, 6.45) is 1.90. The number of ether oxygens (including phenoxy) is 1. The molecular formula is C22H16INO2. The Hall–Kier alpha value is -2.60. The zero-order valence-corrected chi connectivity index (χ0v) is 16.3. The summed E-state index contributed by atoms with van der Waals surface area (Å²) in [4.78, 5) is 12.3. The van der Waals surface area contributed by atoms with E-state index in [0.717, 1.165) is 31.9 Å². The Labute approximate surface area is 165 Å². The highest BCUT2D eigenvalue weighted by Crippen LogP contribution is 2.34. The number of carbonyl (C=O) groups excluding carboxylic acids is 1. The van der Waals surface area contributed by atoms with Gasteiger partial charge in [-0.3, -0.25) is 4.79 Å². The van der Waals surface area contributed by atoms with E-state index in [2.05, 4.69) is 27.9 Å². The van der Waals surface area contributed by atoms with E-state index in [9.17, 15) is 4.79 Å². The number of hydrogen-bond donors (Lipinski definition) is 1. The molecule has 0 radical (unpaired) electrons. The Morgan fingerprint density at radius 2 is 1.77 bits per heavy atom. The summed E-state index contributed by atoms with van der Waals surface area (Å²) >= 11 is 2.26. The average Bonchev–Trinajstić information content (AvgIpc) is 2.93. The second-order valence-electron chi connectivity index (χ2n) is 6.19. The molecule has 1 heterocycles. The van der Waals surface area contributed by atoms with Crippen molar-refractivity contribution >= 4 is 45.8 Å². The van der Waals surface area contributed by atoms with Gasteiger partial charge in [-0.2, -0.15) is 0 Å². The zero-order chi connectivity index (χ0) is 18.1. The fraction of sp³-hybridized carbons (Fsp3) is 0.0455. The van der Waals surface area contributed by atoms with Crippen LogP contribution in [-0.2, 0) is 4.79 Å².